The minimum atomic E-state index is 0.412. The number of rotatable bonds is 7. The van der Waals surface area contributed by atoms with Crippen LogP contribution in [0.2, 0.25) is 0 Å². The molecule has 0 aliphatic carbocycles. The predicted molar refractivity (Wildman–Crippen MR) is 467 cm³/mol. The van der Waals surface area contributed by atoms with Gasteiger partial charge in [0.15, 0.2) is 0 Å². The molecule has 0 amide bonds. The predicted octanol–water partition coefficient (Wildman–Crippen LogP) is 26.0. The molecule has 0 saturated carbocycles. The lowest BCUT2D eigenvalue weighted by Crippen LogP contribution is -2.08. The van der Waals surface area contributed by atoms with E-state index in [1.807, 2.05) is 36.4 Å². The quantitative estimate of drug-likeness (QED) is 0.158. The second-order valence-electron chi connectivity index (χ2n) is 29.9. The van der Waals surface area contributed by atoms with E-state index in [1.165, 1.54) is 10.8 Å². The van der Waals surface area contributed by atoms with Crippen LogP contribution in [0.15, 0.2) is 340 Å². The number of fused-ring (bicyclic) bond motifs is 26. The molecule has 0 N–H and O–H groups in total. The molecule has 24 rings (SSSR count). The average molecular weight is 1450 g/mol. The molecule has 0 radical (unpaired) electrons. The van der Waals surface area contributed by atoms with Gasteiger partial charge in [-0.05, 0) is 188 Å². The van der Waals surface area contributed by atoms with E-state index >= 15 is 0 Å². The van der Waals surface area contributed by atoms with Crippen LogP contribution in [0, 0.1) is 45.3 Å². The van der Waals surface area contributed by atoms with E-state index in [4.69, 9.17) is 0 Å². The van der Waals surface area contributed by atoms with E-state index in [9.17, 15) is 21.0 Å². The van der Waals surface area contributed by atoms with Gasteiger partial charge in [0.25, 0.3) is 0 Å². The summed E-state index contributed by atoms with van der Waals surface area (Å²) >= 11 is 0. The van der Waals surface area contributed by atoms with Crippen LogP contribution in [0.1, 0.15) is 22.3 Å². The SMILES string of the molecule is N#Cc1cc(-n2c3ccccc3c3c4ccccc4ccc32)c(C#N)c(-n2c3ccccc3c3c4cc(-c5ccc6c(ccc7c6c6cc(-n8c9ccccc9c9ccccc98)ccc6n7-c6c(C#N)ccc(C#N)c6-n6c7ccc(-n8c9ccccc9c9ccccc98)cc7c7c8ccccc8ccc76)c5)ccc4ccc32)c1. The van der Waals surface area contributed by atoms with E-state index in [0.717, 1.165) is 186 Å². The van der Waals surface area contributed by atoms with Crippen molar-refractivity contribution in [2.45, 2.75) is 0 Å². The van der Waals surface area contributed by atoms with Crippen molar-refractivity contribution in [3.05, 3.63) is 362 Å². The van der Waals surface area contributed by atoms with Crippen molar-refractivity contribution in [1.29, 1.82) is 21.0 Å². The highest BCUT2D eigenvalue weighted by molar-refractivity contribution is 6.27. The molecule has 6 heterocycles. The summed E-state index contributed by atoms with van der Waals surface area (Å²) in [5, 5.41) is 67.7. The van der Waals surface area contributed by atoms with E-state index in [1.54, 1.807) is 0 Å². The summed E-state index contributed by atoms with van der Waals surface area (Å²) in [5.74, 6) is 0. The Bertz CT molecular complexity index is 8590. The molecular formula is C104H56N10. The maximum atomic E-state index is 11.8. The normalized spacial score (nSPS) is 12.0. The molecule has 0 saturated heterocycles. The van der Waals surface area contributed by atoms with Crippen LogP contribution in [-0.4, -0.2) is 27.4 Å². The molecule has 0 aliphatic rings. The third kappa shape index (κ3) is 8.57. The van der Waals surface area contributed by atoms with Gasteiger partial charge in [0.2, 0.25) is 0 Å². The number of benzene rings is 18. The van der Waals surface area contributed by atoms with Gasteiger partial charge in [-0.25, -0.2) is 0 Å². The molecule has 10 heteroatoms. The van der Waals surface area contributed by atoms with Crippen LogP contribution in [0.25, 0.3) is 219 Å². The Morgan fingerprint density at radius 3 is 0.956 bits per heavy atom. The molecule has 24 aromatic rings. The second-order valence-corrected chi connectivity index (χ2v) is 29.9. The largest absolute Gasteiger partial charge is 0.309 e. The summed E-state index contributed by atoms with van der Waals surface area (Å²) < 4.78 is 13.6. The highest BCUT2D eigenvalue weighted by Crippen LogP contribution is 2.49. The Balaban J connectivity index is 0.725. The van der Waals surface area contributed by atoms with Gasteiger partial charge in [-0.15, -0.1) is 0 Å². The standard InChI is InChI=1S/C104H56N10/c105-57-61-51-97(111-89-31-15-9-25-79(89)99-72-19-3-1-17-62(72)38-45-93(99)111)84(60-108)98(52-61)112-90-32-16-10-26-80(90)102-81-54-66(34-33-64(81)40-46-94(102)112)65-37-44-74-67(53-65)41-48-96-101(74)83-56-71(110-87-29-13-7-23-77(87)78-24-8-14-30-88(78)110)43-50-92(83)114(96)104-69(59-107)36-35-68(58-106)103(104)113-91-49-42-70(55-82(91)100-73-20-4-2-18-63(73)39-47-95(100)113)109-85-27-11-5-21-75(85)76-22-6-12-28-86(76)109/h1-56H. The first-order valence-electron chi connectivity index (χ1n) is 38.2. The lowest BCUT2D eigenvalue weighted by molar-refractivity contribution is 1.08. The number of nitrogens with zero attached hydrogens (tertiary/aromatic N) is 10. The topological polar surface area (TPSA) is 125 Å². The molecule has 0 atom stereocenters. The fraction of sp³-hybridized carbons (Fsp3) is 0. The van der Waals surface area contributed by atoms with Gasteiger partial charge in [0.05, 0.1) is 112 Å². The van der Waals surface area contributed by atoms with Crippen LogP contribution in [0.4, 0.5) is 0 Å². The van der Waals surface area contributed by atoms with E-state index in [0.29, 0.717) is 45.0 Å². The minimum Gasteiger partial charge on any atom is -0.309 e. The first kappa shape index (κ1) is 62.8. The monoisotopic (exact) mass is 1440 g/mol. The molecule has 6 aromatic heterocycles. The molecule has 18 aromatic carbocycles. The summed E-state index contributed by atoms with van der Waals surface area (Å²) in [4.78, 5) is 0. The molecule has 10 nitrogen and oxygen atoms in total. The zero-order valence-corrected chi connectivity index (χ0v) is 60.8. The van der Waals surface area contributed by atoms with Crippen molar-refractivity contribution in [1.82, 2.24) is 27.4 Å². The van der Waals surface area contributed by atoms with Crippen molar-refractivity contribution in [2.24, 2.45) is 0 Å². The lowest BCUT2D eigenvalue weighted by atomic mass is 9.95. The zero-order valence-electron chi connectivity index (χ0n) is 60.8. The summed E-state index contributed by atoms with van der Waals surface area (Å²) in [5.41, 5.74) is 19.8. The number of para-hydroxylation sites is 6. The number of hydrogen-bond donors (Lipinski definition) is 0. The molecule has 114 heavy (non-hydrogen) atoms. The number of aromatic nitrogens is 6. The third-order valence-electron chi connectivity index (χ3n) is 24.3. The van der Waals surface area contributed by atoms with Crippen molar-refractivity contribution >= 4 is 174 Å². The summed E-state index contributed by atoms with van der Waals surface area (Å²) in [6.45, 7) is 0. The molecule has 0 fully saturated rings. The van der Waals surface area contributed by atoms with Crippen molar-refractivity contribution in [3.63, 3.8) is 0 Å². The molecule has 0 unspecified atom stereocenters. The number of nitriles is 4. The second kappa shape index (κ2) is 23.6. The highest BCUT2D eigenvalue weighted by atomic mass is 15.1. The zero-order chi connectivity index (χ0) is 75.3. The Kier molecular flexibility index (Phi) is 13.0. The molecule has 0 spiro atoms. The molecule has 0 bridgehead atoms. The molecular weight excluding hydrogens is 1390 g/mol. The van der Waals surface area contributed by atoms with E-state index < -0.39 is 0 Å². The molecule has 522 valence electrons. The third-order valence-corrected chi connectivity index (χ3v) is 24.3. The van der Waals surface area contributed by atoms with Gasteiger partial charge >= 0.3 is 0 Å². The van der Waals surface area contributed by atoms with Crippen molar-refractivity contribution in [2.75, 3.05) is 0 Å². The van der Waals surface area contributed by atoms with Gasteiger partial charge < -0.3 is 27.4 Å². The van der Waals surface area contributed by atoms with E-state index in [-0.39, 0.29) is 0 Å². The smallest absolute Gasteiger partial charge is 0.104 e. The highest BCUT2D eigenvalue weighted by Gasteiger charge is 2.30. The lowest BCUT2D eigenvalue weighted by Gasteiger charge is -2.20. The van der Waals surface area contributed by atoms with Crippen LogP contribution in [0.3, 0.4) is 0 Å². The Morgan fingerprint density at radius 1 is 0.193 bits per heavy atom. The Labute approximate surface area is 649 Å². The van der Waals surface area contributed by atoms with Gasteiger partial charge in [-0.1, -0.05) is 206 Å². The number of hydrogen-bond acceptors (Lipinski definition) is 4. The van der Waals surface area contributed by atoms with Gasteiger partial charge in [0.1, 0.15) is 23.8 Å². The first-order valence-corrected chi connectivity index (χ1v) is 38.2. The maximum absolute atomic E-state index is 11.8. The summed E-state index contributed by atoms with van der Waals surface area (Å²) in [7, 11) is 0. The summed E-state index contributed by atoms with van der Waals surface area (Å²) in [6.07, 6.45) is 0. The maximum Gasteiger partial charge on any atom is 0.104 e. The van der Waals surface area contributed by atoms with Crippen LogP contribution < -0.4 is 0 Å². The fourth-order valence-electron chi connectivity index (χ4n) is 19.5. The van der Waals surface area contributed by atoms with Crippen LogP contribution in [0.5, 0.6) is 0 Å². The van der Waals surface area contributed by atoms with Crippen LogP contribution >= 0.6 is 0 Å². The summed E-state index contributed by atoms with van der Waals surface area (Å²) in [6, 6.07) is 130. The van der Waals surface area contributed by atoms with Gasteiger partial charge in [-0.2, -0.15) is 21.0 Å². The molecule has 0 aliphatic heterocycles. The Morgan fingerprint density at radius 2 is 0.518 bits per heavy atom. The van der Waals surface area contributed by atoms with Gasteiger partial charge in [-0.3, -0.25) is 0 Å². The minimum absolute atomic E-state index is 0.412. The Hall–Kier alpha value is -16.2. The fourth-order valence-corrected chi connectivity index (χ4v) is 19.5. The first-order chi connectivity index (χ1) is 56.4. The average Bonchev–Trinajstić information content (AvgIpc) is 1.55. The van der Waals surface area contributed by atoms with E-state index in [2.05, 4.69) is 355 Å². The van der Waals surface area contributed by atoms with Gasteiger partial charge in [0, 0.05) is 76.0 Å². The van der Waals surface area contributed by atoms with Crippen molar-refractivity contribution < 1.29 is 0 Å². The van der Waals surface area contributed by atoms with Crippen LogP contribution in [-0.2, 0) is 0 Å². The van der Waals surface area contributed by atoms with Crippen molar-refractivity contribution in [3.8, 4) is 69.5 Å².